The van der Waals surface area contributed by atoms with E-state index in [1.165, 1.54) is 5.92 Å². The molecule has 0 bridgehead atoms. The summed E-state index contributed by atoms with van der Waals surface area (Å²) in [6.45, 7) is 0.772. The van der Waals surface area contributed by atoms with Crippen molar-refractivity contribution >= 4 is 10.8 Å². The van der Waals surface area contributed by atoms with Crippen LogP contribution in [0.1, 0.15) is 35.0 Å². The normalized spacial score (nSPS) is 14.2. The molecule has 0 N–H and O–H groups in total. The molecule has 2 nitrogen and oxygen atoms in total. The van der Waals surface area contributed by atoms with Gasteiger partial charge in [0.2, 0.25) is 0 Å². The van der Waals surface area contributed by atoms with Crippen molar-refractivity contribution in [1.82, 2.24) is 0 Å². The van der Waals surface area contributed by atoms with Gasteiger partial charge in [-0.25, -0.2) is 26.3 Å². The molecule has 0 unspecified atom stereocenters. The number of ether oxygens (including phenoxy) is 2. The molecule has 5 rings (SSSR count). The van der Waals surface area contributed by atoms with Gasteiger partial charge in [0.05, 0.1) is 24.3 Å². The first-order valence-electron chi connectivity index (χ1n) is 12.6. The van der Waals surface area contributed by atoms with E-state index in [1.807, 2.05) is 0 Å². The number of halogens is 9. The fourth-order valence-electron chi connectivity index (χ4n) is 4.73. The Morgan fingerprint density at radius 3 is 2.00 bits per heavy atom. The van der Waals surface area contributed by atoms with Gasteiger partial charge >= 0.3 is 6.18 Å². The van der Waals surface area contributed by atoms with E-state index in [0.29, 0.717) is 25.7 Å². The Morgan fingerprint density at radius 1 is 0.738 bits per heavy atom. The number of alkyl halides is 3. The van der Waals surface area contributed by atoms with Crippen LogP contribution in [0.2, 0.25) is 0 Å². The van der Waals surface area contributed by atoms with Gasteiger partial charge in [-0.05, 0) is 72.2 Å². The molecule has 11 heteroatoms. The number of rotatable bonds is 5. The van der Waals surface area contributed by atoms with E-state index in [9.17, 15) is 30.7 Å². The second-order valence-corrected chi connectivity index (χ2v) is 9.56. The van der Waals surface area contributed by atoms with Crippen LogP contribution in [0.15, 0.2) is 48.5 Å². The molecule has 4 aromatic rings. The first-order valence-corrected chi connectivity index (χ1v) is 12.6. The molecule has 218 valence electrons. The molecule has 1 heterocycles. The molecule has 1 saturated heterocycles. The van der Waals surface area contributed by atoms with Crippen LogP contribution < -0.4 is 0 Å². The topological polar surface area (TPSA) is 18.5 Å². The highest BCUT2D eigenvalue weighted by atomic mass is 19.4. The van der Waals surface area contributed by atoms with Crippen molar-refractivity contribution in [2.24, 2.45) is 0 Å². The van der Waals surface area contributed by atoms with Crippen LogP contribution in [0.25, 0.3) is 21.9 Å². The Morgan fingerprint density at radius 2 is 1.38 bits per heavy atom. The van der Waals surface area contributed by atoms with Crippen molar-refractivity contribution in [3.63, 3.8) is 0 Å². The fourth-order valence-corrected chi connectivity index (χ4v) is 4.73. The SMILES string of the molecule is Fc1cc2cc(-c3c(F)cc(CCc4c(F)cc(C5OCCCO5)cc4F)cc3F)ccc2c(F)c1C#CC(F)(F)F. The van der Waals surface area contributed by atoms with Gasteiger partial charge in [0.15, 0.2) is 6.29 Å². The standard InChI is InChI=1S/C31H19F9O2/c32-23-14-19(30-41-8-1-9-42-30)15-24(33)21(23)4-2-16-10-26(35)28(27(36)11-16)17-3-5-20-18(12-17)13-25(34)22(29(20)37)6-7-31(38,39)40/h3,5,10-15,30H,1-2,4,8-9H2. The zero-order chi connectivity index (χ0) is 30.2. The number of hydrogen-bond donors (Lipinski definition) is 0. The van der Waals surface area contributed by atoms with Crippen molar-refractivity contribution in [2.45, 2.75) is 31.7 Å². The predicted molar refractivity (Wildman–Crippen MR) is 135 cm³/mol. The lowest BCUT2D eigenvalue weighted by molar-refractivity contribution is -0.183. The van der Waals surface area contributed by atoms with Gasteiger partial charge in [-0.15, -0.1) is 0 Å². The molecule has 1 fully saturated rings. The second-order valence-electron chi connectivity index (χ2n) is 9.56. The third kappa shape index (κ3) is 6.25. The lowest BCUT2D eigenvalue weighted by Gasteiger charge is -2.24. The highest BCUT2D eigenvalue weighted by molar-refractivity contribution is 5.89. The van der Waals surface area contributed by atoms with Crippen molar-refractivity contribution in [3.8, 4) is 23.0 Å². The van der Waals surface area contributed by atoms with Gasteiger partial charge in [0, 0.05) is 22.4 Å². The Bertz CT molecular complexity index is 1680. The van der Waals surface area contributed by atoms with Gasteiger partial charge in [-0.2, -0.15) is 13.2 Å². The van der Waals surface area contributed by atoms with E-state index in [4.69, 9.17) is 9.47 Å². The van der Waals surface area contributed by atoms with E-state index in [0.717, 1.165) is 48.4 Å². The molecule has 42 heavy (non-hydrogen) atoms. The molecule has 0 atom stereocenters. The predicted octanol–water partition coefficient (Wildman–Crippen LogP) is 8.48. The summed E-state index contributed by atoms with van der Waals surface area (Å²) in [6, 6.07) is 8.11. The molecule has 0 radical (unpaired) electrons. The van der Waals surface area contributed by atoms with E-state index in [2.05, 4.69) is 0 Å². The van der Waals surface area contributed by atoms with E-state index in [-0.39, 0.29) is 45.9 Å². The molecule has 4 aromatic carbocycles. The third-order valence-corrected chi connectivity index (χ3v) is 6.67. The van der Waals surface area contributed by atoms with Crippen molar-refractivity contribution < 1.29 is 49.0 Å². The maximum Gasteiger partial charge on any atom is 0.458 e. The zero-order valence-corrected chi connectivity index (χ0v) is 21.4. The van der Waals surface area contributed by atoms with E-state index < -0.39 is 58.5 Å². The minimum atomic E-state index is -4.97. The van der Waals surface area contributed by atoms with Gasteiger partial charge < -0.3 is 9.47 Å². The monoisotopic (exact) mass is 594 g/mol. The summed E-state index contributed by atoms with van der Waals surface area (Å²) in [5, 5.41) is -0.470. The largest absolute Gasteiger partial charge is 0.458 e. The average Bonchev–Trinajstić information content (AvgIpc) is 2.92. The summed E-state index contributed by atoms with van der Waals surface area (Å²) in [6.07, 6.45) is -5.52. The molecule has 1 aliphatic rings. The molecule has 0 amide bonds. The average molecular weight is 594 g/mol. The maximum absolute atomic E-state index is 15.1. The zero-order valence-electron chi connectivity index (χ0n) is 21.4. The lowest BCUT2D eigenvalue weighted by Crippen LogP contribution is -2.18. The van der Waals surface area contributed by atoms with Crippen molar-refractivity contribution in [3.05, 3.63) is 106 Å². The van der Waals surface area contributed by atoms with Gasteiger partial charge in [-0.1, -0.05) is 18.1 Å². The third-order valence-electron chi connectivity index (χ3n) is 6.67. The number of benzene rings is 4. The van der Waals surface area contributed by atoms with Crippen LogP contribution in [-0.4, -0.2) is 19.4 Å². The molecule has 1 aliphatic heterocycles. The first kappa shape index (κ1) is 29.5. The van der Waals surface area contributed by atoms with Crippen LogP contribution in [0.5, 0.6) is 0 Å². The quantitative estimate of drug-likeness (QED) is 0.171. The minimum Gasteiger partial charge on any atom is -0.348 e. The van der Waals surface area contributed by atoms with E-state index in [1.54, 1.807) is 0 Å². The van der Waals surface area contributed by atoms with Gasteiger partial charge in [0.25, 0.3) is 0 Å². The summed E-state index contributed by atoms with van der Waals surface area (Å²) < 4.78 is 137. The minimum absolute atomic E-state index is 0.0985. The van der Waals surface area contributed by atoms with Crippen molar-refractivity contribution in [1.29, 1.82) is 0 Å². The molecule has 0 aromatic heterocycles. The Balaban J connectivity index is 1.39. The fraction of sp³-hybridized carbons (Fsp3) is 0.226. The maximum atomic E-state index is 15.1. The van der Waals surface area contributed by atoms with Crippen LogP contribution in [0.3, 0.4) is 0 Å². The number of fused-ring (bicyclic) bond motifs is 1. The van der Waals surface area contributed by atoms with Gasteiger partial charge in [0.1, 0.15) is 34.9 Å². The van der Waals surface area contributed by atoms with Crippen LogP contribution in [-0.2, 0) is 22.3 Å². The van der Waals surface area contributed by atoms with Crippen LogP contribution in [0, 0.1) is 46.7 Å². The molecular formula is C31H19F9O2. The first-order chi connectivity index (χ1) is 19.9. The van der Waals surface area contributed by atoms with Gasteiger partial charge in [-0.3, -0.25) is 0 Å². The molecule has 0 saturated carbocycles. The molecular weight excluding hydrogens is 575 g/mol. The Kier molecular flexibility index (Phi) is 8.21. The highest BCUT2D eigenvalue weighted by Gasteiger charge is 2.24. The smallest absolute Gasteiger partial charge is 0.348 e. The Labute approximate surface area is 233 Å². The second kappa shape index (κ2) is 11.7. The van der Waals surface area contributed by atoms with Crippen LogP contribution >= 0.6 is 0 Å². The summed E-state index contributed by atoms with van der Waals surface area (Å²) in [5.74, 6) is -4.29. The lowest BCUT2D eigenvalue weighted by atomic mass is 9.96. The van der Waals surface area contributed by atoms with Crippen molar-refractivity contribution in [2.75, 3.05) is 13.2 Å². The van der Waals surface area contributed by atoms with E-state index >= 15 is 8.78 Å². The summed E-state index contributed by atoms with van der Waals surface area (Å²) in [7, 11) is 0. The number of hydrogen-bond acceptors (Lipinski definition) is 2. The highest BCUT2D eigenvalue weighted by Crippen LogP contribution is 2.33. The van der Waals surface area contributed by atoms with Crippen LogP contribution in [0.4, 0.5) is 39.5 Å². The summed E-state index contributed by atoms with van der Waals surface area (Å²) in [4.78, 5) is 0. The summed E-state index contributed by atoms with van der Waals surface area (Å²) in [5.41, 5.74) is -1.73. The number of aryl methyl sites for hydroxylation is 1. The molecule has 0 aliphatic carbocycles. The Hall–Kier alpha value is -4.01. The summed E-state index contributed by atoms with van der Waals surface area (Å²) >= 11 is 0. The molecule has 0 spiro atoms.